The largest absolute Gasteiger partial charge is 0.493 e. The number of carbonyl (C=O) groups is 2. The van der Waals surface area contributed by atoms with Crippen molar-refractivity contribution in [3.63, 3.8) is 0 Å². The van der Waals surface area contributed by atoms with Crippen molar-refractivity contribution in [1.82, 2.24) is 10.9 Å². The quantitative estimate of drug-likeness (QED) is 0.758. The Balaban J connectivity index is 1.73. The van der Waals surface area contributed by atoms with Gasteiger partial charge >= 0.3 is 0 Å². The molecule has 0 bridgehead atoms. The summed E-state index contributed by atoms with van der Waals surface area (Å²) in [6.45, 7) is 1.73. The van der Waals surface area contributed by atoms with Gasteiger partial charge in [0.2, 0.25) is 5.91 Å². The SMILES string of the molecule is COc1ccccc1OCC(=O)NNC(=O)C[C@@H](C)c1ccccc1. The molecule has 0 radical (unpaired) electrons. The summed E-state index contributed by atoms with van der Waals surface area (Å²) in [5.74, 6) is 0.344. The minimum absolute atomic E-state index is 0.0583. The molecule has 2 aromatic rings. The van der Waals surface area contributed by atoms with Gasteiger partial charge in [0.1, 0.15) is 0 Å². The van der Waals surface area contributed by atoms with Crippen LogP contribution in [-0.4, -0.2) is 25.5 Å². The van der Waals surface area contributed by atoms with Crippen LogP contribution in [0.4, 0.5) is 0 Å². The molecule has 0 aromatic heterocycles. The van der Waals surface area contributed by atoms with E-state index in [0.29, 0.717) is 11.5 Å². The second-order valence-electron chi connectivity index (χ2n) is 5.55. The monoisotopic (exact) mass is 342 g/mol. The molecule has 0 unspecified atom stereocenters. The molecule has 0 saturated carbocycles. The molecule has 0 fully saturated rings. The van der Waals surface area contributed by atoms with E-state index in [9.17, 15) is 9.59 Å². The minimum atomic E-state index is -0.452. The van der Waals surface area contributed by atoms with E-state index in [1.807, 2.05) is 37.3 Å². The van der Waals surface area contributed by atoms with Gasteiger partial charge in [0.15, 0.2) is 18.1 Å². The highest BCUT2D eigenvalue weighted by atomic mass is 16.5. The van der Waals surface area contributed by atoms with Crippen molar-refractivity contribution >= 4 is 11.8 Å². The van der Waals surface area contributed by atoms with Crippen molar-refractivity contribution < 1.29 is 19.1 Å². The molecule has 2 aromatic carbocycles. The van der Waals surface area contributed by atoms with Crippen LogP contribution in [0.1, 0.15) is 24.8 Å². The van der Waals surface area contributed by atoms with Gasteiger partial charge in [-0.2, -0.15) is 0 Å². The Bertz CT molecular complexity index is 704. The Morgan fingerprint density at radius 3 is 2.20 bits per heavy atom. The van der Waals surface area contributed by atoms with Gasteiger partial charge in [0, 0.05) is 6.42 Å². The van der Waals surface area contributed by atoms with Gasteiger partial charge in [0.05, 0.1) is 7.11 Å². The predicted octanol–water partition coefficient (Wildman–Crippen LogP) is 2.42. The van der Waals surface area contributed by atoms with Crippen molar-refractivity contribution in [3.8, 4) is 11.5 Å². The van der Waals surface area contributed by atoms with Crippen LogP contribution in [0.15, 0.2) is 54.6 Å². The Hall–Kier alpha value is -3.02. The first-order valence-electron chi connectivity index (χ1n) is 7.98. The number of benzene rings is 2. The third-order valence-electron chi connectivity index (χ3n) is 3.63. The molecule has 0 aliphatic heterocycles. The first kappa shape index (κ1) is 18.3. The molecule has 0 saturated heterocycles. The Morgan fingerprint density at radius 1 is 0.920 bits per heavy atom. The molecule has 2 rings (SSSR count). The van der Waals surface area contributed by atoms with Gasteiger partial charge in [-0.3, -0.25) is 20.4 Å². The summed E-state index contributed by atoms with van der Waals surface area (Å²) in [6.07, 6.45) is 0.275. The van der Waals surface area contributed by atoms with Crippen molar-refractivity contribution in [1.29, 1.82) is 0 Å². The summed E-state index contributed by atoms with van der Waals surface area (Å²) in [4.78, 5) is 23.7. The zero-order valence-corrected chi connectivity index (χ0v) is 14.3. The highest BCUT2D eigenvalue weighted by Crippen LogP contribution is 2.25. The fourth-order valence-electron chi connectivity index (χ4n) is 2.29. The van der Waals surface area contributed by atoms with Crippen molar-refractivity contribution in [3.05, 3.63) is 60.2 Å². The molecular formula is C19H22N2O4. The van der Waals surface area contributed by atoms with Gasteiger partial charge in [-0.1, -0.05) is 49.4 Å². The average Bonchev–Trinajstić information content (AvgIpc) is 2.65. The number of nitrogens with one attached hydrogen (secondary N) is 2. The molecule has 2 N–H and O–H groups in total. The maximum atomic E-state index is 11.9. The average molecular weight is 342 g/mol. The lowest BCUT2D eigenvalue weighted by Gasteiger charge is -2.13. The summed E-state index contributed by atoms with van der Waals surface area (Å²) in [5, 5.41) is 0. The van der Waals surface area contributed by atoms with Gasteiger partial charge in [-0.25, -0.2) is 0 Å². The maximum Gasteiger partial charge on any atom is 0.276 e. The summed E-state index contributed by atoms with van der Waals surface area (Å²) in [5.41, 5.74) is 5.81. The normalized spacial score (nSPS) is 11.3. The van der Waals surface area contributed by atoms with Crippen molar-refractivity contribution in [2.75, 3.05) is 13.7 Å². The van der Waals surface area contributed by atoms with Crippen LogP contribution in [0.25, 0.3) is 0 Å². The zero-order valence-electron chi connectivity index (χ0n) is 14.3. The van der Waals surface area contributed by atoms with E-state index in [4.69, 9.17) is 9.47 Å². The van der Waals surface area contributed by atoms with E-state index >= 15 is 0 Å². The Labute approximate surface area is 147 Å². The second kappa shape index (κ2) is 9.32. The van der Waals surface area contributed by atoms with Crippen LogP contribution in [-0.2, 0) is 9.59 Å². The van der Waals surface area contributed by atoms with E-state index in [0.717, 1.165) is 5.56 Å². The van der Waals surface area contributed by atoms with Crippen molar-refractivity contribution in [2.45, 2.75) is 19.3 Å². The number of amides is 2. The van der Waals surface area contributed by atoms with Crippen LogP contribution < -0.4 is 20.3 Å². The maximum absolute atomic E-state index is 11.9. The number of hydrogen-bond donors (Lipinski definition) is 2. The molecule has 132 valence electrons. The number of methoxy groups -OCH3 is 1. The predicted molar refractivity (Wildman–Crippen MR) is 94.2 cm³/mol. The fourth-order valence-corrected chi connectivity index (χ4v) is 2.29. The third kappa shape index (κ3) is 5.84. The van der Waals surface area contributed by atoms with Gasteiger partial charge in [-0.15, -0.1) is 0 Å². The Morgan fingerprint density at radius 2 is 1.52 bits per heavy atom. The van der Waals surface area contributed by atoms with E-state index in [1.54, 1.807) is 24.3 Å². The zero-order chi connectivity index (χ0) is 18.1. The number of ether oxygens (including phenoxy) is 2. The molecule has 2 amide bonds. The molecule has 25 heavy (non-hydrogen) atoms. The van der Waals surface area contributed by atoms with E-state index in [1.165, 1.54) is 7.11 Å². The van der Waals surface area contributed by atoms with Gasteiger partial charge in [-0.05, 0) is 23.6 Å². The highest BCUT2D eigenvalue weighted by molar-refractivity contribution is 5.83. The van der Waals surface area contributed by atoms with Crippen LogP contribution in [0, 0.1) is 0 Å². The number of rotatable bonds is 7. The molecule has 0 aliphatic rings. The van der Waals surface area contributed by atoms with Crippen LogP contribution in [0.3, 0.4) is 0 Å². The lowest BCUT2D eigenvalue weighted by Crippen LogP contribution is -2.44. The van der Waals surface area contributed by atoms with Gasteiger partial charge < -0.3 is 9.47 Å². The molecule has 0 spiro atoms. The number of hydrogen-bond acceptors (Lipinski definition) is 4. The summed E-state index contributed by atoms with van der Waals surface area (Å²) < 4.78 is 10.5. The highest BCUT2D eigenvalue weighted by Gasteiger charge is 2.12. The minimum Gasteiger partial charge on any atom is -0.493 e. The lowest BCUT2D eigenvalue weighted by atomic mass is 9.98. The molecule has 0 heterocycles. The molecule has 6 nitrogen and oxygen atoms in total. The first-order valence-corrected chi connectivity index (χ1v) is 7.98. The lowest BCUT2D eigenvalue weighted by molar-refractivity contribution is -0.130. The van der Waals surface area contributed by atoms with E-state index < -0.39 is 5.91 Å². The van der Waals surface area contributed by atoms with Gasteiger partial charge in [0.25, 0.3) is 5.91 Å². The number of carbonyl (C=O) groups excluding carboxylic acids is 2. The molecule has 1 atom stereocenters. The number of para-hydroxylation sites is 2. The Kier molecular flexibility index (Phi) is 6.83. The van der Waals surface area contributed by atoms with Crippen LogP contribution in [0.5, 0.6) is 11.5 Å². The third-order valence-corrected chi connectivity index (χ3v) is 3.63. The summed E-state index contributed by atoms with van der Waals surface area (Å²) in [7, 11) is 1.52. The van der Waals surface area contributed by atoms with Crippen LogP contribution in [0.2, 0.25) is 0 Å². The number of hydrazine groups is 1. The van der Waals surface area contributed by atoms with Crippen molar-refractivity contribution in [2.24, 2.45) is 0 Å². The smallest absolute Gasteiger partial charge is 0.276 e. The van der Waals surface area contributed by atoms with Crippen LogP contribution >= 0.6 is 0 Å². The topological polar surface area (TPSA) is 76.7 Å². The second-order valence-corrected chi connectivity index (χ2v) is 5.55. The molecule has 0 aliphatic carbocycles. The van der Waals surface area contributed by atoms with E-state index in [2.05, 4.69) is 10.9 Å². The standard InChI is InChI=1S/C19H22N2O4/c1-14(15-8-4-3-5-9-15)12-18(22)20-21-19(23)13-25-17-11-7-6-10-16(17)24-2/h3-11,14H,12-13H2,1-2H3,(H,20,22)(H,21,23)/t14-/m1/s1. The first-order chi connectivity index (χ1) is 12.1. The summed E-state index contributed by atoms with van der Waals surface area (Å²) >= 11 is 0. The molecular weight excluding hydrogens is 320 g/mol. The summed E-state index contributed by atoms with van der Waals surface area (Å²) in [6, 6.07) is 16.8. The van der Waals surface area contributed by atoms with E-state index in [-0.39, 0.29) is 24.9 Å². The fraction of sp³-hybridized carbons (Fsp3) is 0.263. The molecule has 6 heteroatoms.